The topological polar surface area (TPSA) is 92.8 Å². The number of rotatable bonds is 8. The molecule has 28 heavy (non-hydrogen) atoms. The van der Waals surface area contributed by atoms with Crippen molar-refractivity contribution in [3.8, 4) is 0 Å². The minimum absolute atomic E-state index is 0.0887. The number of sulfonamides is 1. The first kappa shape index (κ1) is 21.6. The number of amides is 1. The first-order valence-electron chi connectivity index (χ1n) is 8.91. The lowest BCUT2D eigenvalue weighted by atomic mass is 10.1. The maximum Gasteiger partial charge on any atom is 0.338 e. The Morgan fingerprint density at radius 2 is 1.71 bits per heavy atom. The van der Waals surface area contributed by atoms with Gasteiger partial charge in [0.1, 0.15) is 0 Å². The van der Waals surface area contributed by atoms with Crippen molar-refractivity contribution >= 4 is 27.6 Å². The number of nitrogens with one attached hydrogen (secondary N) is 1. The van der Waals surface area contributed by atoms with E-state index in [1.807, 2.05) is 13.0 Å². The summed E-state index contributed by atoms with van der Waals surface area (Å²) in [4.78, 5) is 24.2. The quantitative estimate of drug-likeness (QED) is 0.683. The predicted molar refractivity (Wildman–Crippen MR) is 107 cm³/mol. The molecular weight excluding hydrogens is 380 g/mol. The largest absolute Gasteiger partial charge is 0.452 e. The van der Waals surface area contributed by atoms with Crippen LogP contribution in [0.2, 0.25) is 0 Å². The number of carbonyl (C=O) groups is 2. The number of hydrogen-bond acceptors (Lipinski definition) is 5. The lowest BCUT2D eigenvalue weighted by Gasteiger charge is -2.18. The molecule has 1 N–H and O–H groups in total. The maximum absolute atomic E-state index is 12.6. The van der Waals surface area contributed by atoms with Gasteiger partial charge in [-0.15, -0.1) is 0 Å². The van der Waals surface area contributed by atoms with E-state index < -0.39 is 28.5 Å². The van der Waals surface area contributed by atoms with E-state index in [1.54, 1.807) is 44.2 Å². The summed E-state index contributed by atoms with van der Waals surface area (Å²) in [5.74, 6) is -1.16. The zero-order chi connectivity index (χ0) is 20.7. The van der Waals surface area contributed by atoms with Crippen molar-refractivity contribution in [2.45, 2.75) is 25.7 Å². The second kappa shape index (κ2) is 9.48. The summed E-state index contributed by atoms with van der Waals surface area (Å²) in [5, 5.41) is 2.55. The molecule has 0 bridgehead atoms. The number of nitrogens with zero attached hydrogens (tertiary/aromatic N) is 1. The van der Waals surface area contributed by atoms with Crippen LogP contribution in [0.4, 0.5) is 5.69 Å². The van der Waals surface area contributed by atoms with Crippen LogP contribution in [0, 0.1) is 6.92 Å². The van der Waals surface area contributed by atoms with Crippen LogP contribution in [-0.2, 0) is 19.6 Å². The molecule has 0 aliphatic carbocycles. The summed E-state index contributed by atoms with van der Waals surface area (Å²) in [6, 6.07) is 12.8. The van der Waals surface area contributed by atoms with Gasteiger partial charge in [0.25, 0.3) is 5.91 Å². The van der Waals surface area contributed by atoms with Crippen molar-refractivity contribution in [1.82, 2.24) is 4.31 Å². The maximum atomic E-state index is 12.6. The van der Waals surface area contributed by atoms with E-state index in [9.17, 15) is 18.0 Å². The number of esters is 1. The van der Waals surface area contributed by atoms with E-state index in [2.05, 4.69) is 5.32 Å². The lowest BCUT2D eigenvalue weighted by molar-refractivity contribution is -0.119. The molecule has 2 aromatic rings. The Morgan fingerprint density at radius 1 is 1.04 bits per heavy atom. The van der Waals surface area contributed by atoms with Gasteiger partial charge in [-0.2, -0.15) is 4.31 Å². The van der Waals surface area contributed by atoms with Gasteiger partial charge in [-0.1, -0.05) is 37.6 Å². The van der Waals surface area contributed by atoms with Crippen LogP contribution in [0.3, 0.4) is 0 Å². The minimum Gasteiger partial charge on any atom is -0.452 e. The van der Waals surface area contributed by atoms with Gasteiger partial charge in [-0.05, 0) is 37.3 Å². The molecule has 8 heteroatoms. The molecule has 0 heterocycles. The lowest BCUT2D eigenvalue weighted by Crippen LogP contribution is -2.30. The molecule has 2 aromatic carbocycles. The van der Waals surface area contributed by atoms with Gasteiger partial charge in [0.15, 0.2) is 6.61 Å². The van der Waals surface area contributed by atoms with E-state index in [-0.39, 0.29) is 4.90 Å². The Kier molecular flexibility index (Phi) is 7.31. The molecule has 2 rings (SSSR count). The average Bonchev–Trinajstić information content (AvgIpc) is 2.67. The van der Waals surface area contributed by atoms with Gasteiger partial charge in [0, 0.05) is 18.8 Å². The third-order valence-corrected chi connectivity index (χ3v) is 6.10. The molecule has 150 valence electrons. The van der Waals surface area contributed by atoms with Gasteiger partial charge in [-0.25, -0.2) is 13.2 Å². The summed E-state index contributed by atoms with van der Waals surface area (Å²) in [7, 11) is -3.63. The van der Waals surface area contributed by atoms with Crippen LogP contribution in [0.15, 0.2) is 53.4 Å². The SMILES string of the molecule is CCN(CC)S(=O)(=O)c1cccc(NC(=O)COC(=O)c2cccc(C)c2)c1. The molecule has 0 saturated carbocycles. The van der Waals surface area contributed by atoms with Crippen molar-refractivity contribution < 1.29 is 22.7 Å². The fourth-order valence-corrected chi connectivity index (χ4v) is 4.13. The Hall–Kier alpha value is -2.71. The van der Waals surface area contributed by atoms with Gasteiger partial charge in [0.05, 0.1) is 10.5 Å². The van der Waals surface area contributed by atoms with Crippen LogP contribution in [0.1, 0.15) is 29.8 Å². The van der Waals surface area contributed by atoms with Crippen LogP contribution in [0.5, 0.6) is 0 Å². The van der Waals surface area contributed by atoms with Crippen LogP contribution >= 0.6 is 0 Å². The summed E-state index contributed by atoms with van der Waals surface area (Å²) in [6.07, 6.45) is 0. The first-order chi connectivity index (χ1) is 13.3. The van der Waals surface area contributed by atoms with E-state index in [0.29, 0.717) is 24.3 Å². The molecule has 0 radical (unpaired) electrons. The van der Waals surface area contributed by atoms with E-state index in [1.165, 1.54) is 16.4 Å². The monoisotopic (exact) mass is 404 g/mol. The molecule has 0 spiro atoms. The third-order valence-electron chi connectivity index (χ3n) is 4.05. The fraction of sp³-hybridized carbons (Fsp3) is 0.300. The minimum atomic E-state index is -3.63. The van der Waals surface area contributed by atoms with Gasteiger partial charge in [0.2, 0.25) is 10.0 Å². The average molecular weight is 404 g/mol. The van der Waals surface area contributed by atoms with Gasteiger partial charge >= 0.3 is 5.97 Å². The van der Waals surface area contributed by atoms with E-state index in [4.69, 9.17) is 4.74 Å². The Balaban J connectivity index is 2.02. The summed E-state index contributed by atoms with van der Waals surface area (Å²) < 4.78 is 31.5. The van der Waals surface area contributed by atoms with Crippen molar-refractivity contribution in [3.63, 3.8) is 0 Å². The highest BCUT2D eigenvalue weighted by atomic mass is 32.2. The smallest absolute Gasteiger partial charge is 0.338 e. The number of benzene rings is 2. The first-order valence-corrected chi connectivity index (χ1v) is 10.4. The zero-order valence-corrected chi connectivity index (χ0v) is 17.0. The van der Waals surface area contributed by atoms with Crippen LogP contribution in [-0.4, -0.2) is 44.3 Å². The molecule has 0 fully saturated rings. The van der Waals surface area contributed by atoms with E-state index >= 15 is 0 Å². The van der Waals surface area contributed by atoms with Gasteiger partial charge in [-0.3, -0.25) is 4.79 Å². The second-order valence-electron chi connectivity index (χ2n) is 6.11. The van der Waals surface area contributed by atoms with Crippen molar-refractivity contribution in [3.05, 3.63) is 59.7 Å². The molecule has 0 aliphatic heterocycles. The molecule has 0 saturated heterocycles. The Bertz CT molecular complexity index is 953. The highest BCUT2D eigenvalue weighted by molar-refractivity contribution is 7.89. The second-order valence-corrected chi connectivity index (χ2v) is 8.05. The third kappa shape index (κ3) is 5.40. The summed E-state index contributed by atoms with van der Waals surface area (Å²) in [5.41, 5.74) is 1.58. The van der Waals surface area contributed by atoms with Crippen molar-refractivity contribution in [2.75, 3.05) is 25.0 Å². The standard InChI is InChI=1S/C20H24N2O5S/c1-4-22(5-2)28(25,26)18-11-7-10-17(13-18)21-19(23)14-27-20(24)16-9-6-8-15(3)12-16/h6-13H,4-5,14H2,1-3H3,(H,21,23). The highest BCUT2D eigenvalue weighted by Crippen LogP contribution is 2.19. The molecule has 7 nitrogen and oxygen atoms in total. The van der Waals surface area contributed by atoms with E-state index in [0.717, 1.165) is 5.56 Å². The molecule has 0 atom stereocenters. The predicted octanol–water partition coefficient (Wildman–Crippen LogP) is 2.82. The highest BCUT2D eigenvalue weighted by Gasteiger charge is 2.22. The number of hydrogen-bond donors (Lipinski definition) is 1. The van der Waals surface area contributed by atoms with Crippen molar-refractivity contribution in [2.24, 2.45) is 0 Å². The van der Waals surface area contributed by atoms with Crippen LogP contribution in [0.25, 0.3) is 0 Å². The zero-order valence-electron chi connectivity index (χ0n) is 16.1. The summed E-state index contributed by atoms with van der Waals surface area (Å²) in [6.45, 7) is 5.60. The molecular formula is C20H24N2O5S. The number of carbonyl (C=O) groups excluding carboxylic acids is 2. The van der Waals surface area contributed by atoms with Crippen molar-refractivity contribution in [1.29, 1.82) is 0 Å². The van der Waals surface area contributed by atoms with Gasteiger partial charge < -0.3 is 10.1 Å². The number of aryl methyl sites for hydroxylation is 1. The molecule has 0 aromatic heterocycles. The molecule has 0 unspecified atom stereocenters. The summed E-state index contributed by atoms with van der Waals surface area (Å²) >= 11 is 0. The Morgan fingerprint density at radius 3 is 2.36 bits per heavy atom. The number of ether oxygens (including phenoxy) is 1. The molecule has 1 amide bonds. The molecule has 0 aliphatic rings. The van der Waals surface area contributed by atoms with Crippen LogP contribution < -0.4 is 5.32 Å². The Labute approximate surface area is 165 Å². The fourth-order valence-electron chi connectivity index (χ4n) is 2.63. The number of anilines is 1. The normalized spacial score (nSPS) is 11.3.